The van der Waals surface area contributed by atoms with Crippen LogP contribution in [0.1, 0.15) is 21.5 Å². The Bertz CT molecular complexity index is 1050. The molecule has 0 spiro atoms. The van der Waals surface area contributed by atoms with Crippen LogP contribution in [0.2, 0.25) is 10.0 Å². The van der Waals surface area contributed by atoms with Crippen molar-refractivity contribution in [1.29, 1.82) is 0 Å². The first-order chi connectivity index (χ1) is 13.2. The van der Waals surface area contributed by atoms with Crippen molar-refractivity contribution in [2.24, 2.45) is 0 Å². The van der Waals surface area contributed by atoms with Gasteiger partial charge < -0.3 is 15.2 Å². The van der Waals surface area contributed by atoms with Crippen LogP contribution in [0.25, 0.3) is 0 Å². The van der Waals surface area contributed by atoms with Gasteiger partial charge in [-0.25, -0.2) is 0 Å². The molecule has 0 saturated heterocycles. The first kappa shape index (κ1) is 20.8. The minimum Gasteiger partial charge on any atom is -0.506 e. The number of carbonyl (C=O) groups excluding carboxylic acids is 1. The summed E-state index contributed by atoms with van der Waals surface area (Å²) in [6, 6.07) is 13.7. The van der Waals surface area contributed by atoms with Crippen molar-refractivity contribution in [3.63, 3.8) is 0 Å². The Morgan fingerprint density at radius 3 is 2.43 bits per heavy atom. The Labute approximate surface area is 186 Å². The number of nitrogens with one attached hydrogen (secondary N) is 1. The highest BCUT2D eigenvalue weighted by Crippen LogP contribution is 2.35. The summed E-state index contributed by atoms with van der Waals surface area (Å²) in [7, 11) is 0. The first-order valence-electron chi connectivity index (χ1n) is 8.28. The molecule has 3 rings (SSSR count). The van der Waals surface area contributed by atoms with Gasteiger partial charge in [0.1, 0.15) is 17.2 Å². The van der Waals surface area contributed by atoms with Crippen LogP contribution < -0.4 is 10.1 Å². The Morgan fingerprint density at radius 1 is 1.07 bits per heavy atom. The number of aromatic hydroxyl groups is 1. The lowest BCUT2D eigenvalue weighted by atomic mass is 10.1. The zero-order chi connectivity index (χ0) is 20.4. The van der Waals surface area contributed by atoms with Crippen LogP contribution >= 0.6 is 45.8 Å². The van der Waals surface area contributed by atoms with E-state index < -0.39 is 5.91 Å². The van der Waals surface area contributed by atoms with Crippen molar-refractivity contribution >= 4 is 57.4 Å². The van der Waals surface area contributed by atoms with Crippen molar-refractivity contribution in [2.75, 3.05) is 5.32 Å². The predicted octanol–water partition coefficient (Wildman–Crippen LogP) is 6.97. The first-order valence-corrected chi connectivity index (χ1v) is 10.1. The van der Waals surface area contributed by atoms with Gasteiger partial charge in [0.05, 0.1) is 14.2 Å². The Balaban J connectivity index is 1.85. The molecule has 0 bridgehead atoms. The number of amides is 1. The molecule has 0 aliphatic heterocycles. The molecule has 7 heteroatoms. The van der Waals surface area contributed by atoms with Gasteiger partial charge in [0.15, 0.2) is 0 Å². The average molecular weight is 528 g/mol. The van der Waals surface area contributed by atoms with Crippen molar-refractivity contribution in [3.05, 3.63) is 78.8 Å². The smallest absolute Gasteiger partial charge is 0.259 e. The lowest BCUT2D eigenvalue weighted by Crippen LogP contribution is -2.13. The summed E-state index contributed by atoms with van der Waals surface area (Å²) in [5.41, 5.74) is 2.40. The van der Waals surface area contributed by atoms with Crippen LogP contribution in [0, 0.1) is 17.4 Å². The van der Waals surface area contributed by atoms with Crippen molar-refractivity contribution in [2.45, 2.75) is 13.8 Å². The lowest BCUT2D eigenvalue weighted by molar-refractivity contribution is 0.102. The average Bonchev–Trinajstić information content (AvgIpc) is 2.64. The second kappa shape index (κ2) is 8.59. The minimum atomic E-state index is -0.412. The number of halogens is 3. The van der Waals surface area contributed by atoms with E-state index >= 15 is 0 Å². The highest BCUT2D eigenvalue weighted by Gasteiger charge is 2.17. The normalized spacial score (nSPS) is 10.6. The van der Waals surface area contributed by atoms with Gasteiger partial charge in [0.25, 0.3) is 5.91 Å². The molecule has 0 unspecified atom stereocenters. The second-order valence-electron chi connectivity index (χ2n) is 6.25. The number of phenols is 1. The number of phenolic OH excluding ortho intramolecular Hbond substituents is 1. The molecular formula is C21H16Cl2INO3. The summed E-state index contributed by atoms with van der Waals surface area (Å²) in [6.45, 7) is 3.70. The second-order valence-corrected chi connectivity index (χ2v) is 8.26. The van der Waals surface area contributed by atoms with E-state index in [1.807, 2.05) is 36.4 Å². The summed E-state index contributed by atoms with van der Waals surface area (Å²) in [4.78, 5) is 12.6. The summed E-state index contributed by atoms with van der Waals surface area (Å²) < 4.78 is 6.41. The molecule has 4 nitrogen and oxygen atoms in total. The van der Waals surface area contributed by atoms with Crippen LogP contribution in [0.3, 0.4) is 0 Å². The maximum Gasteiger partial charge on any atom is 0.259 e. The fraction of sp³-hybridized carbons (Fsp3) is 0.0952. The topological polar surface area (TPSA) is 58.6 Å². The maximum atomic E-state index is 12.6. The van der Waals surface area contributed by atoms with Gasteiger partial charge in [-0.1, -0.05) is 23.2 Å². The highest BCUT2D eigenvalue weighted by molar-refractivity contribution is 14.1. The molecule has 1 amide bonds. The van der Waals surface area contributed by atoms with Gasteiger partial charge in [0.2, 0.25) is 0 Å². The molecule has 0 fully saturated rings. The van der Waals surface area contributed by atoms with E-state index in [4.69, 9.17) is 27.9 Å². The third-order valence-electron chi connectivity index (χ3n) is 4.02. The fourth-order valence-electron chi connectivity index (χ4n) is 2.59. The molecule has 0 atom stereocenters. The number of hydrogen-bond acceptors (Lipinski definition) is 3. The molecule has 0 aromatic heterocycles. The molecule has 0 heterocycles. The molecule has 2 N–H and O–H groups in total. The molecule has 0 saturated carbocycles. The zero-order valence-corrected chi connectivity index (χ0v) is 18.7. The zero-order valence-electron chi connectivity index (χ0n) is 15.0. The number of anilines is 1. The van der Waals surface area contributed by atoms with E-state index in [1.165, 1.54) is 0 Å². The van der Waals surface area contributed by atoms with Gasteiger partial charge in [0, 0.05) is 10.7 Å². The van der Waals surface area contributed by atoms with Crippen LogP contribution in [-0.4, -0.2) is 11.0 Å². The summed E-state index contributed by atoms with van der Waals surface area (Å²) >= 11 is 14.2. The quantitative estimate of drug-likeness (QED) is 0.360. The standard InChI is InChI=1S/C21H16Cl2INO3/c1-11-7-15(20(26)17(24)8-11)21(27)25-18-10-16(23)19(9-12(18)2)28-14-5-3-13(22)4-6-14/h3-10,26H,1-2H3,(H,25,27). The Morgan fingerprint density at radius 2 is 1.75 bits per heavy atom. The van der Waals surface area contributed by atoms with E-state index in [-0.39, 0.29) is 11.3 Å². The fourth-order valence-corrected chi connectivity index (χ4v) is 3.70. The van der Waals surface area contributed by atoms with E-state index in [1.54, 1.807) is 48.5 Å². The number of carbonyl (C=O) groups is 1. The molecule has 28 heavy (non-hydrogen) atoms. The maximum absolute atomic E-state index is 12.6. The van der Waals surface area contributed by atoms with E-state index in [0.29, 0.717) is 30.8 Å². The number of aryl methyl sites for hydroxylation is 2. The van der Waals surface area contributed by atoms with Gasteiger partial charge in [-0.05, 0) is 96.1 Å². The molecule has 0 aliphatic rings. The molecule has 0 radical (unpaired) electrons. The molecule has 0 aliphatic carbocycles. The van der Waals surface area contributed by atoms with Crippen molar-refractivity contribution in [1.82, 2.24) is 0 Å². The third kappa shape index (κ3) is 4.71. The minimum absolute atomic E-state index is 0.0462. The van der Waals surface area contributed by atoms with Crippen LogP contribution in [0.5, 0.6) is 17.2 Å². The molecular weight excluding hydrogens is 512 g/mol. The van der Waals surface area contributed by atoms with E-state index in [9.17, 15) is 9.90 Å². The summed E-state index contributed by atoms with van der Waals surface area (Å²) in [5, 5.41) is 14.0. The highest BCUT2D eigenvalue weighted by atomic mass is 127. The van der Waals surface area contributed by atoms with Crippen molar-refractivity contribution < 1.29 is 14.6 Å². The lowest BCUT2D eigenvalue weighted by Gasteiger charge is -2.14. The largest absolute Gasteiger partial charge is 0.506 e. The van der Waals surface area contributed by atoms with Crippen LogP contribution in [0.15, 0.2) is 48.5 Å². The van der Waals surface area contributed by atoms with Crippen molar-refractivity contribution in [3.8, 4) is 17.2 Å². The van der Waals surface area contributed by atoms with E-state index in [2.05, 4.69) is 5.32 Å². The summed E-state index contributed by atoms with van der Waals surface area (Å²) in [6.07, 6.45) is 0. The molecule has 3 aromatic carbocycles. The molecule has 3 aromatic rings. The molecule has 144 valence electrons. The number of benzene rings is 3. The Kier molecular flexibility index (Phi) is 6.37. The number of rotatable bonds is 4. The SMILES string of the molecule is Cc1cc(I)c(O)c(C(=O)Nc2cc(Cl)c(Oc3ccc(Cl)cc3)cc2C)c1. The van der Waals surface area contributed by atoms with Crippen LogP contribution in [0.4, 0.5) is 5.69 Å². The Hall–Kier alpha value is -1.96. The van der Waals surface area contributed by atoms with Gasteiger partial charge >= 0.3 is 0 Å². The summed E-state index contributed by atoms with van der Waals surface area (Å²) in [5.74, 6) is 0.606. The van der Waals surface area contributed by atoms with Gasteiger partial charge in [-0.2, -0.15) is 0 Å². The van der Waals surface area contributed by atoms with Crippen LogP contribution in [-0.2, 0) is 0 Å². The van der Waals surface area contributed by atoms with Gasteiger partial charge in [-0.3, -0.25) is 4.79 Å². The number of ether oxygens (including phenoxy) is 1. The van der Waals surface area contributed by atoms with E-state index in [0.717, 1.165) is 11.1 Å². The monoisotopic (exact) mass is 527 g/mol. The number of hydrogen-bond donors (Lipinski definition) is 2. The van der Waals surface area contributed by atoms with Gasteiger partial charge in [-0.15, -0.1) is 0 Å². The third-order valence-corrected chi connectivity index (χ3v) is 5.39. The predicted molar refractivity (Wildman–Crippen MR) is 121 cm³/mol.